The normalized spacial score (nSPS) is 11.5. The molecule has 240 valence electrons. The van der Waals surface area contributed by atoms with E-state index in [0.29, 0.717) is 0 Å². The summed E-state index contributed by atoms with van der Waals surface area (Å²) in [6.45, 7) is 0. The largest absolute Gasteiger partial charge is 0.454 e. The lowest BCUT2D eigenvalue weighted by Gasteiger charge is -2.25. The molecular weight excluding hydrogens is 621 g/mol. The van der Waals surface area contributed by atoms with Crippen LogP contribution in [0.1, 0.15) is 0 Å². The van der Waals surface area contributed by atoms with Crippen LogP contribution in [0.3, 0.4) is 0 Å². The molecule has 0 aliphatic rings. The number of nitrogens with zero attached hydrogens (tertiary/aromatic N) is 2. The Bertz CT molecular complexity index is 2850. The van der Waals surface area contributed by atoms with Crippen molar-refractivity contribution < 1.29 is 4.42 Å². The van der Waals surface area contributed by atoms with Crippen molar-refractivity contribution in [2.24, 2.45) is 0 Å². The summed E-state index contributed by atoms with van der Waals surface area (Å²) >= 11 is 0. The van der Waals surface area contributed by atoms with Crippen LogP contribution >= 0.6 is 0 Å². The van der Waals surface area contributed by atoms with Gasteiger partial charge >= 0.3 is 0 Å². The lowest BCUT2D eigenvalue weighted by atomic mass is 10.0. The minimum Gasteiger partial charge on any atom is -0.454 e. The highest BCUT2D eigenvalue weighted by Crippen LogP contribution is 2.43. The number of para-hydroxylation sites is 5. The number of rotatable bonds is 6. The van der Waals surface area contributed by atoms with E-state index in [9.17, 15) is 0 Å². The standard InChI is InChI=1S/C48H32N2O/c1-3-14-33(15-4-1)35-28-31-40-39-19-8-11-23-44(39)50(46(40)32-35)43-22-10-7-18-38(43)34-26-29-37(30-27-34)49(36-16-5-2-6-17-36)45-24-13-21-42-41-20-9-12-25-47(41)51-48(42)45/h1-32H. The van der Waals surface area contributed by atoms with Crippen molar-refractivity contribution in [3.8, 4) is 27.9 Å². The van der Waals surface area contributed by atoms with Gasteiger partial charge in [-0.25, -0.2) is 0 Å². The van der Waals surface area contributed by atoms with Crippen molar-refractivity contribution in [3.63, 3.8) is 0 Å². The fourth-order valence-corrected chi connectivity index (χ4v) is 7.66. The van der Waals surface area contributed by atoms with Crippen LogP contribution in [-0.2, 0) is 0 Å². The van der Waals surface area contributed by atoms with Crippen molar-refractivity contribution in [1.82, 2.24) is 4.57 Å². The van der Waals surface area contributed by atoms with Crippen LogP contribution in [-0.4, -0.2) is 4.57 Å². The van der Waals surface area contributed by atoms with Crippen molar-refractivity contribution in [2.45, 2.75) is 0 Å². The van der Waals surface area contributed by atoms with E-state index in [4.69, 9.17) is 4.42 Å². The van der Waals surface area contributed by atoms with Gasteiger partial charge in [0.05, 0.1) is 22.4 Å². The molecule has 2 heterocycles. The molecule has 51 heavy (non-hydrogen) atoms. The van der Waals surface area contributed by atoms with Crippen molar-refractivity contribution in [2.75, 3.05) is 4.90 Å². The maximum absolute atomic E-state index is 6.52. The van der Waals surface area contributed by atoms with Gasteiger partial charge in [0.15, 0.2) is 5.58 Å². The lowest BCUT2D eigenvalue weighted by Crippen LogP contribution is -2.10. The number of fused-ring (bicyclic) bond motifs is 6. The van der Waals surface area contributed by atoms with E-state index < -0.39 is 0 Å². The first-order valence-electron chi connectivity index (χ1n) is 17.4. The van der Waals surface area contributed by atoms with E-state index >= 15 is 0 Å². The highest BCUT2D eigenvalue weighted by atomic mass is 16.3. The number of hydrogen-bond donors (Lipinski definition) is 0. The SMILES string of the molecule is c1ccc(-c2ccc3c4ccccc4n(-c4ccccc4-c4ccc(N(c5ccccc5)c5cccc6c5oc5ccccc56)cc4)c3c2)cc1. The van der Waals surface area contributed by atoms with Gasteiger partial charge < -0.3 is 13.9 Å². The van der Waals surface area contributed by atoms with E-state index in [1.165, 1.54) is 38.5 Å². The Hall–Kier alpha value is -6.84. The van der Waals surface area contributed by atoms with Gasteiger partial charge in [-0.1, -0.05) is 140 Å². The Morgan fingerprint density at radius 1 is 0.392 bits per heavy atom. The molecule has 0 aliphatic heterocycles. The molecule has 0 radical (unpaired) electrons. The molecule has 0 aliphatic carbocycles. The zero-order chi connectivity index (χ0) is 33.7. The molecule has 0 saturated heterocycles. The average Bonchev–Trinajstić information content (AvgIpc) is 3.75. The third-order valence-electron chi connectivity index (χ3n) is 10.0. The first kappa shape index (κ1) is 29.1. The zero-order valence-corrected chi connectivity index (χ0v) is 27.8. The van der Waals surface area contributed by atoms with Crippen LogP contribution in [0.5, 0.6) is 0 Å². The summed E-state index contributed by atoms with van der Waals surface area (Å²) < 4.78 is 8.95. The van der Waals surface area contributed by atoms with Crippen LogP contribution < -0.4 is 4.90 Å². The predicted octanol–water partition coefficient (Wildman–Crippen LogP) is 13.5. The molecule has 0 unspecified atom stereocenters. The number of hydrogen-bond acceptors (Lipinski definition) is 2. The zero-order valence-electron chi connectivity index (χ0n) is 27.8. The van der Waals surface area contributed by atoms with Gasteiger partial charge in [-0.05, 0) is 71.3 Å². The van der Waals surface area contributed by atoms with Crippen molar-refractivity contribution in [1.29, 1.82) is 0 Å². The van der Waals surface area contributed by atoms with Gasteiger partial charge in [0.1, 0.15) is 5.58 Å². The van der Waals surface area contributed by atoms with E-state index in [0.717, 1.165) is 50.3 Å². The molecule has 10 aromatic rings. The van der Waals surface area contributed by atoms with Crippen LogP contribution in [0.25, 0.3) is 71.7 Å². The molecule has 0 bridgehead atoms. The average molecular weight is 653 g/mol. The maximum atomic E-state index is 6.52. The first-order valence-corrected chi connectivity index (χ1v) is 17.4. The Morgan fingerprint density at radius 2 is 1.02 bits per heavy atom. The molecule has 3 nitrogen and oxygen atoms in total. The highest BCUT2D eigenvalue weighted by Gasteiger charge is 2.20. The molecule has 3 heteroatoms. The minimum atomic E-state index is 0.873. The number of aromatic nitrogens is 1. The first-order chi connectivity index (χ1) is 25.3. The van der Waals surface area contributed by atoms with Gasteiger partial charge in [0, 0.05) is 38.5 Å². The minimum absolute atomic E-state index is 0.873. The molecule has 0 fully saturated rings. The third-order valence-corrected chi connectivity index (χ3v) is 10.0. The topological polar surface area (TPSA) is 21.3 Å². The summed E-state index contributed by atoms with van der Waals surface area (Å²) in [7, 11) is 0. The quantitative estimate of drug-likeness (QED) is 0.178. The lowest BCUT2D eigenvalue weighted by molar-refractivity contribution is 0.669. The summed E-state index contributed by atoms with van der Waals surface area (Å²) in [6, 6.07) is 69.1. The second kappa shape index (κ2) is 11.9. The van der Waals surface area contributed by atoms with Gasteiger partial charge in [0.25, 0.3) is 0 Å². The number of benzene rings is 8. The molecule has 10 rings (SSSR count). The molecular formula is C48H32N2O. The Balaban J connectivity index is 1.13. The molecule has 8 aromatic carbocycles. The molecule has 0 atom stereocenters. The highest BCUT2D eigenvalue weighted by molar-refractivity contribution is 6.11. The Kier molecular flexibility index (Phi) is 6.81. The van der Waals surface area contributed by atoms with Crippen molar-refractivity contribution >= 4 is 60.8 Å². The molecule has 0 saturated carbocycles. The van der Waals surface area contributed by atoms with E-state index in [2.05, 4.69) is 191 Å². The summed E-state index contributed by atoms with van der Waals surface area (Å²) in [5, 5.41) is 4.72. The maximum Gasteiger partial charge on any atom is 0.159 e. The number of furan rings is 1. The number of anilines is 3. The second-order valence-electron chi connectivity index (χ2n) is 12.9. The summed E-state index contributed by atoms with van der Waals surface area (Å²) in [5.74, 6) is 0. The van der Waals surface area contributed by atoms with Crippen molar-refractivity contribution in [3.05, 3.63) is 194 Å². The van der Waals surface area contributed by atoms with Crippen LogP contribution in [0, 0.1) is 0 Å². The summed E-state index contributed by atoms with van der Waals surface area (Å²) in [5.41, 5.74) is 13.1. The van der Waals surface area contributed by atoms with Crippen LogP contribution in [0.15, 0.2) is 199 Å². The molecule has 0 N–H and O–H groups in total. The summed E-state index contributed by atoms with van der Waals surface area (Å²) in [4.78, 5) is 2.29. The molecule has 0 spiro atoms. The fraction of sp³-hybridized carbons (Fsp3) is 0. The van der Waals surface area contributed by atoms with Gasteiger partial charge in [-0.3, -0.25) is 0 Å². The predicted molar refractivity (Wildman–Crippen MR) is 214 cm³/mol. The Labute approximate surface area is 295 Å². The van der Waals surface area contributed by atoms with Gasteiger partial charge in [-0.15, -0.1) is 0 Å². The second-order valence-corrected chi connectivity index (χ2v) is 12.9. The van der Waals surface area contributed by atoms with Crippen LogP contribution in [0.2, 0.25) is 0 Å². The fourth-order valence-electron chi connectivity index (χ4n) is 7.66. The Morgan fingerprint density at radius 3 is 1.86 bits per heavy atom. The van der Waals surface area contributed by atoms with Gasteiger partial charge in [-0.2, -0.15) is 0 Å². The molecule has 0 amide bonds. The monoisotopic (exact) mass is 652 g/mol. The molecule has 2 aromatic heterocycles. The van der Waals surface area contributed by atoms with E-state index in [1.54, 1.807) is 0 Å². The summed E-state index contributed by atoms with van der Waals surface area (Å²) in [6.07, 6.45) is 0. The van der Waals surface area contributed by atoms with E-state index in [1.807, 2.05) is 12.1 Å². The van der Waals surface area contributed by atoms with E-state index in [-0.39, 0.29) is 0 Å². The van der Waals surface area contributed by atoms with Gasteiger partial charge in [0.2, 0.25) is 0 Å². The third kappa shape index (κ3) is 4.82. The smallest absolute Gasteiger partial charge is 0.159 e. The van der Waals surface area contributed by atoms with Crippen LogP contribution in [0.4, 0.5) is 17.1 Å².